The minimum atomic E-state index is 0.157. The van der Waals surface area contributed by atoms with Gasteiger partial charge in [0.1, 0.15) is 12.4 Å². The summed E-state index contributed by atoms with van der Waals surface area (Å²) in [5, 5.41) is 3.52. The van der Waals surface area contributed by atoms with E-state index in [0.29, 0.717) is 13.2 Å². The molecule has 21 heavy (non-hydrogen) atoms. The molecule has 0 atom stereocenters. The van der Waals surface area contributed by atoms with Crippen molar-refractivity contribution in [3.8, 4) is 0 Å². The predicted octanol–water partition coefficient (Wildman–Crippen LogP) is 3.93. The van der Waals surface area contributed by atoms with Crippen LogP contribution < -0.4 is 5.32 Å². The molecule has 1 N–H and O–H groups in total. The summed E-state index contributed by atoms with van der Waals surface area (Å²) in [5.74, 6) is 0.863. The van der Waals surface area contributed by atoms with Crippen LogP contribution in [0, 0.1) is 0 Å². The maximum absolute atomic E-state index is 5.74. The van der Waals surface area contributed by atoms with E-state index < -0.39 is 0 Å². The Labute approximate surface area is 127 Å². The van der Waals surface area contributed by atoms with E-state index in [1.807, 2.05) is 12.1 Å². The van der Waals surface area contributed by atoms with Crippen LogP contribution in [-0.2, 0) is 24.4 Å². The maximum Gasteiger partial charge on any atom is 0.129 e. The van der Waals surface area contributed by atoms with Gasteiger partial charge in [-0.1, -0.05) is 24.3 Å². The van der Waals surface area contributed by atoms with E-state index in [-0.39, 0.29) is 5.54 Å². The molecular formula is C18H25NO2. The number of furan rings is 1. The van der Waals surface area contributed by atoms with Crippen LogP contribution in [0.5, 0.6) is 0 Å². The Hall–Kier alpha value is -1.58. The average molecular weight is 287 g/mol. The Morgan fingerprint density at radius 3 is 2.43 bits per heavy atom. The van der Waals surface area contributed by atoms with E-state index in [2.05, 4.69) is 50.4 Å². The Kier molecular flexibility index (Phi) is 5.59. The molecule has 2 aromatic rings. The fourth-order valence-corrected chi connectivity index (χ4v) is 2.17. The topological polar surface area (TPSA) is 34.4 Å². The molecule has 3 nitrogen and oxygen atoms in total. The molecule has 3 heteroatoms. The van der Waals surface area contributed by atoms with Crippen LogP contribution in [0.15, 0.2) is 47.1 Å². The second kappa shape index (κ2) is 7.43. The monoisotopic (exact) mass is 287 g/mol. The fourth-order valence-electron chi connectivity index (χ4n) is 2.17. The van der Waals surface area contributed by atoms with Gasteiger partial charge < -0.3 is 14.5 Å². The zero-order chi connectivity index (χ0) is 15.1. The number of nitrogens with one attached hydrogen (secondary N) is 1. The number of rotatable bonds is 7. The summed E-state index contributed by atoms with van der Waals surface area (Å²) in [5.41, 5.74) is 2.75. The summed E-state index contributed by atoms with van der Waals surface area (Å²) in [6.07, 6.45) is 2.68. The van der Waals surface area contributed by atoms with Crippen LogP contribution in [-0.4, -0.2) is 12.1 Å². The third-order valence-corrected chi connectivity index (χ3v) is 3.25. The summed E-state index contributed by atoms with van der Waals surface area (Å²) in [4.78, 5) is 0. The highest BCUT2D eigenvalue weighted by Gasteiger charge is 2.09. The molecule has 0 radical (unpaired) electrons. The maximum atomic E-state index is 5.74. The second-order valence-corrected chi connectivity index (χ2v) is 6.27. The summed E-state index contributed by atoms with van der Waals surface area (Å²) < 4.78 is 11.0. The van der Waals surface area contributed by atoms with E-state index in [4.69, 9.17) is 9.15 Å². The fraction of sp³-hybridized carbons (Fsp3) is 0.444. The van der Waals surface area contributed by atoms with Gasteiger partial charge in [-0.05, 0) is 57.0 Å². The Balaban J connectivity index is 1.84. The highest BCUT2D eigenvalue weighted by atomic mass is 16.5. The van der Waals surface area contributed by atoms with Crippen molar-refractivity contribution in [2.45, 2.75) is 45.9 Å². The number of ether oxygens (including phenoxy) is 1. The minimum Gasteiger partial charge on any atom is -0.467 e. The van der Waals surface area contributed by atoms with Gasteiger partial charge in [-0.3, -0.25) is 0 Å². The molecule has 1 heterocycles. The summed E-state index contributed by atoms with van der Waals surface area (Å²) in [7, 11) is 0. The van der Waals surface area contributed by atoms with E-state index in [0.717, 1.165) is 18.7 Å². The lowest BCUT2D eigenvalue weighted by molar-refractivity contribution is 0.0924. The van der Waals surface area contributed by atoms with Gasteiger partial charge >= 0.3 is 0 Å². The highest BCUT2D eigenvalue weighted by molar-refractivity contribution is 5.26. The molecule has 0 aliphatic heterocycles. The van der Waals surface area contributed by atoms with E-state index in [1.54, 1.807) is 6.26 Å². The molecule has 0 fully saturated rings. The standard InChI is InChI=1S/C18H25NO2/c1-18(2,3)19-11-10-15-7-4-5-8-16(15)13-20-14-17-9-6-12-21-17/h4-9,12,19H,10-11,13-14H2,1-3H3. The van der Waals surface area contributed by atoms with Gasteiger partial charge in [0.15, 0.2) is 0 Å². The molecule has 114 valence electrons. The van der Waals surface area contributed by atoms with Crippen molar-refractivity contribution in [1.29, 1.82) is 0 Å². The largest absolute Gasteiger partial charge is 0.467 e. The van der Waals surface area contributed by atoms with Crippen molar-refractivity contribution >= 4 is 0 Å². The number of benzene rings is 1. The van der Waals surface area contributed by atoms with Crippen molar-refractivity contribution in [1.82, 2.24) is 5.32 Å². The summed E-state index contributed by atoms with van der Waals surface area (Å²) in [6, 6.07) is 12.3. The Bertz CT molecular complexity index is 526. The molecule has 0 bridgehead atoms. The third kappa shape index (κ3) is 5.74. The first-order valence-corrected chi connectivity index (χ1v) is 7.46. The smallest absolute Gasteiger partial charge is 0.129 e. The SMILES string of the molecule is CC(C)(C)NCCc1ccccc1COCc1ccco1. The van der Waals surface area contributed by atoms with Crippen molar-refractivity contribution in [3.63, 3.8) is 0 Å². The Morgan fingerprint density at radius 1 is 1.00 bits per heavy atom. The van der Waals surface area contributed by atoms with Gasteiger partial charge in [-0.15, -0.1) is 0 Å². The summed E-state index contributed by atoms with van der Waals surface area (Å²) >= 11 is 0. The lowest BCUT2D eigenvalue weighted by Crippen LogP contribution is -2.37. The van der Waals surface area contributed by atoms with Crippen molar-refractivity contribution in [2.24, 2.45) is 0 Å². The quantitative estimate of drug-likeness (QED) is 0.838. The van der Waals surface area contributed by atoms with E-state index in [9.17, 15) is 0 Å². The van der Waals surface area contributed by atoms with Crippen molar-refractivity contribution < 1.29 is 9.15 Å². The zero-order valence-electron chi connectivity index (χ0n) is 13.2. The van der Waals surface area contributed by atoms with Crippen molar-refractivity contribution in [3.05, 3.63) is 59.5 Å². The number of hydrogen-bond acceptors (Lipinski definition) is 3. The molecule has 0 unspecified atom stereocenters. The summed E-state index contributed by atoms with van der Waals surface area (Å²) in [6.45, 7) is 8.66. The average Bonchev–Trinajstić information content (AvgIpc) is 2.92. The first-order chi connectivity index (χ1) is 10.0. The van der Waals surface area contributed by atoms with Crippen LogP contribution >= 0.6 is 0 Å². The minimum absolute atomic E-state index is 0.157. The second-order valence-electron chi connectivity index (χ2n) is 6.27. The molecular weight excluding hydrogens is 262 g/mol. The number of hydrogen-bond donors (Lipinski definition) is 1. The molecule has 2 rings (SSSR count). The third-order valence-electron chi connectivity index (χ3n) is 3.25. The molecule has 0 aliphatic rings. The van der Waals surface area contributed by atoms with E-state index in [1.165, 1.54) is 11.1 Å². The molecule has 0 saturated carbocycles. The first-order valence-electron chi connectivity index (χ1n) is 7.46. The van der Waals surface area contributed by atoms with Crippen LogP contribution in [0.1, 0.15) is 37.7 Å². The normalized spacial score (nSPS) is 11.8. The molecule has 0 amide bonds. The van der Waals surface area contributed by atoms with Gasteiger partial charge in [0, 0.05) is 5.54 Å². The highest BCUT2D eigenvalue weighted by Crippen LogP contribution is 2.13. The first kappa shape index (κ1) is 15.8. The molecule has 0 spiro atoms. The molecule has 0 saturated heterocycles. The Morgan fingerprint density at radius 2 is 1.76 bits per heavy atom. The van der Waals surface area contributed by atoms with Crippen LogP contribution in [0.2, 0.25) is 0 Å². The van der Waals surface area contributed by atoms with Crippen LogP contribution in [0.3, 0.4) is 0 Å². The predicted molar refractivity (Wildman–Crippen MR) is 85.1 cm³/mol. The van der Waals surface area contributed by atoms with Crippen LogP contribution in [0.25, 0.3) is 0 Å². The van der Waals surface area contributed by atoms with Gasteiger partial charge in [-0.25, -0.2) is 0 Å². The lowest BCUT2D eigenvalue weighted by Gasteiger charge is -2.21. The van der Waals surface area contributed by atoms with Gasteiger partial charge in [-0.2, -0.15) is 0 Å². The van der Waals surface area contributed by atoms with Gasteiger partial charge in [0.25, 0.3) is 0 Å². The van der Waals surface area contributed by atoms with Crippen LogP contribution in [0.4, 0.5) is 0 Å². The molecule has 1 aromatic heterocycles. The molecule has 1 aromatic carbocycles. The molecule has 0 aliphatic carbocycles. The zero-order valence-corrected chi connectivity index (χ0v) is 13.2. The van der Waals surface area contributed by atoms with Gasteiger partial charge in [0.2, 0.25) is 0 Å². The lowest BCUT2D eigenvalue weighted by atomic mass is 10.0. The van der Waals surface area contributed by atoms with Crippen molar-refractivity contribution in [2.75, 3.05) is 6.54 Å². The van der Waals surface area contributed by atoms with E-state index >= 15 is 0 Å². The van der Waals surface area contributed by atoms with Gasteiger partial charge in [0.05, 0.1) is 12.9 Å².